The van der Waals surface area contributed by atoms with Gasteiger partial charge in [0, 0.05) is 28.9 Å². The third-order valence-electron chi connectivity index (χ3n) is 3.12. The van der Waals surface area contributed by atoms with Crippen LogP contribution in [0.3, 0.4) is 0 Å². The standard InChI is InChI=1S/C17H14ClN3O2/c1-2-20-16(14(10-19)17(22)23)13-4-3-9-21-15(13)11-5-7-12(18)8-6-11/h3-9,20H,2H2,1H3,(H,22,23). The molecule has 1 heterocycles. The molecule has 0 saturated heterocycles. The Labute approximate surface area is 138 Å². The number of hydrogen-bond acceptors (Lipinski definition) is 4. The summed E-state index contributed by atoms with van der Waals surface area (Å²) in [5.74, 6) is -1.28. The summed E-state index contributed by atoms with van der Waals surface area (Å²) in [6.45, 7) is 2.30. The lowest BCUT2D eigenvalue weighted by Gasteiger charge is -2.14. The Morgan fingerprint density at radius 1 is 1.35 bits per heavy atom. The lowest BCUT2D eigenvalue weighted by molar-refractivity contribution is -0.132. The number of hydrogen-bond donors (Lipinski definition) is 2. The number of aromatic nitrogens is 1. The Bertz CT molecular complexity index is 792. The molecule has 2 N–H and O–H groups in total. The first-order chi connectivity index (χ1) is 11.1. The number of nitrogens with one attached hydrogen (secondary N) is 1. The van der Waals surface area contributed by atoms with Crippen LogP contribution in [0.25, 0.3) is 17.0 Å². The van der Waals surface area contributed by atoms with Crippen molar-refractivity contribution in [2.75, 3.05) is 6.54 Å². The molecule has 2 rings (SSSR count). The molecular weight excluding hydrogens is 314 g/mol. The van der Waals surface area contributed by atoms with Crippen molar-refractivity contribution in [2.24, 2.45) is 0 Å². The molecule has 6 heteroatoms. The van der Waals surface area contributed by atoms with E-state index in [-0.39, 0.29) is 11.3 Å². The number of benzene rings is 1. The Morgan fingerprint density at radius 2 is 2.04 bits per heavy atom. The van der Waals surface area contributed by atoms with Gasteiger partial charge in [0.05, 0.1) is 11.4 Å². The van der Waals surface area contributed by atoms with Crippen molar-refractivity contribution in [3.05, 3.63) is 58.8 Å². The molecular formula is C17H14ClN3O2. The first-order valence-corrected chi connectivity index (χ1v) is 7.29. The zero-order chi connectivity index (χ0) is 16.8. The number of nitriles is 1. The van der Waals surface area contributed by atoms with Gasteiger partial charge in [-0.3, -0.25) is 4.98 Å². The van der Waals surface area contributed by atoms with E-state index in [1.807, 2.05) is 6.92 Å². The number of carboxylic acid groups (broad SMARTS) is 1. The minimum absolute atomic E-state index is 0.251. The van der Waals surface area contributed by atoms with Crippen molar-refractivity contribution in [1.29, 1.82) is 5.26 Å². The summed E-state index contributed by atoms with van der Waals surface area (Å²) in [5.41, 5.74) is 1.81. The molecule has 0 fully saturated rings. The molecule has 0 radical (unpaired) electrons. The highest BCUT2D eigenvalue weighted by Crippen LogP contribution is 2.28. The summed E-state index contributed by atoms with van der Waals surface area (Å²) >= 11 is 5.90. The summed E-state index contributed by atoms with van der Waals surface area (Å²) in [4.78, 5) is 15.7. The van der Waals surface area contributed by atoms with Crippen LogP contribution in [-0.2, 0) is 4.79 Å². The Hall–Kier alpha value is -2.84. The molecule has 1 aromatic heterocycles. The second-order valence-corrected chi connectivity index (χ2v) is 5.04. The van der Waals surface area contributed by atoms with Crippen LogP contribution >= 0.6 is 11.6 Å². The van der Waals surface area contributed by atoms with Gasteiger partial charge in [-0.05, 0) is 31.2 Å². The second-order valence-electron chi connectivity index (χ2n) is 4.60. The minimum atomic E-state index is -1.28. The molecule has 5 nitrogen and oxygen atoms in total. The van der Waals surface area contributed by atoms with Crippen LogP contribution < -0.4 is 5.32 Å². The van der Waals surface area contributed by atoms with Crippen LogP contribution in [0.2, 0.25) is 5.02 Å². The molecule has 2 aromatic rings. The molecule has 0 unspecified atom stereocenters. The number of rotatable bonds is 5. The van der Waals surface area contributed by atoms with E-state index < -0.39 is 5.97 Å². The van der Waals surface area contributed by atoms with Crippen LogP contribution in [0.4, 0.5) is 0 Å². The predicted octanol–water partition coefficient (Wildman–Crippen LogP) is 3.33. The van der Waals surface area contributed by atoms with Gasteiger partial charge in [0.1, 0.15) is 6.07 Å². The fourth-order valence-electron chi connectivity index (χ4n) is 2.15. The number of carbonyl (C=O) groups is 1. The van der Waals surface area contributed by atoms with Crippen LogP contribution in [-0.4, -0.2) is 22.6 Å². The monoisotopic (exact) mass is 327 g/mol. The maximum absolute atomic E-state index is 11.4. The van der Waals surface area contributed by atoms with Crippen LogP contribution in [0.15, 0.2) is 48.2 Å². The predicted molar refractivity (Wildman–Crippen MR) is 88.5 cm³/mol. The smallest absolute Gasteiger partial charge is 0.348 e. The Morgan fingerprint density at radius 3 is 2.61 bits per heavy atom. The molecule has 0 aliphatic carbocycles. The number of nitrogens with zero attached hydrogens (tertiary/aromatic N) is 2. The van der Waals surface area contributed by atoms with Crippen molar-refractivity contribution in [3.8, 4) is 17.3 Å². The fraction of sp³-hybridized carbons (Fsp3) is 0.118. The largest absolute Gasteiger partial charge is 0.477 e. The van der Waals surface area contributed by atoms with Gasteiger partial charge >= 0.3 is 5.97 Å². The zero-order valence-corrected chi connectivity index (χ0v) is 13.1. The van der Waals surface area contributed by atoms with Crippen molar-refractivity contribution < 1.29 is 9.90 Å². The van der Waals surface area contributed by atoms with Gasteiger partial charge in [-0.2, -0.15) is 5.26 Å². The van der Waals surface area contributed by atoms with Gasteiger partial charge < -0.3 is 10.4 Å². The zero-order valence-electron chi connectivity index (χ0n) is 12.4. The third-order valence-corrected chi connectivity index (χ3v) is 3.38. The molecule has 23 heavy (non-hydrogen) atoms. The molecule has 0 saturated carbocycles. The van der Waals surface area contributed by atoms with Gasteiger partial charge in [0.15, 0.2) is 5.57 Å². The molecule has 0 spiro atoms. The number of halogens is 1. The van der Waals surface area contributed by atoms with E-state index in [2.05, 4.69) is 10.3 Å². The van der Waals surface area contributed by atoms with E-state index in [9.17, 15) is 15.2 Å². The van der Waals surface area contributed by atoms with Gasteiger partial charge in [0.2, 0.25) is 0 Å². The molecule has 0 atom stereocenters. The molecule has 0 aliphatic rings. The first-order valence-electron chi connectivity index (χ1n) is 6.91. The van der Waals surface area contributed by atoms with Crippen molar-refractivity contribution >= 4 is 23.3 Å². The molecule has 116 valence electrons. The summed E-state index contributed by atoms with van der Waals surface area (Å²) in [6.07, 6.45) is 1.61. The number of pyridine rings is 1. The third kappa shape index (κ3) is 3.68. The van der Waals surface area contributed by atoms with E-state index in [0.29, 0.717) is 22.8 Å². The first kappa shape index (κ1) is 16.5. The molecule has 0 amide bonds. The van der Waals surface area contributed by atoms with E-state index in [1.165, 1.54) is 0 Å². The highest BCUT2D eigenvalue weighted by Gasteiger charge is 2.19. The summed E-state index contributed by atoms with van der Waals surface area (Å²) in [6, 6.07) is 12.2. The van der Waals surface area contributed by atoms with Gasteiger partial charge in [-0.25, -0.2) is 4.79 Å². The highest BCUT2D eigenvalue weighted by molar-refractivity contribution is 6.30. The maximum Gasteiger partial charge on any atom is 0.348 e. The van der Waals surface area contributed by atoms with Gasteiger partial charge in [0.25, 0.3) is 0 Å². The summed E-state index contributed by atoms with van der Waals surface area (Å²) < 4.78 is 0. The Balaban J connectivity index is 2.69. The molecule has 1 aromatic carbocycles. The van der Waals surface area contributed by atoms with Crippen LogP contribution in [0.1, 0.15) is 12.5 Å². The second kappa shape index (κ2) is 7.43. The topological polar surface area (TPSA) is 86.0 Å². The van der Waals surface area contributed by atoms with Crippen molar-refractivity contribution in [1.82, 2.24) is 10.3 Å². The van der Waals surface area contributed by atoms with Crippen LogP contribution in [0.5, 0.6) is 0 Å². The van der Waals surface area contributed by atoms with Gasteiger partial charge in [-0.15, -0.1) is 0 Å². The van der Waals surface area contributed by atoms with Gasteiger partial charge in [-0.1, -0.05) is 23.7 Å². The molecule has 0 bridgehead atoms. The van der Waals surface area contributed by atoms with E-state index in [0.717, 1.165) is 5.56 Å². The van der Waals surface area contributed by atoms with Crippen molar-refractivity contribution in [3.63, 3.8) is 0 Å². The number of carboxylic acids is 1. The Kier molecular flexibility index (Phi) is 5.34. The lowest BCUT2D eigenvalue weighted by Crippen LogP contribution is -2.17. The van der Waals surface area contributed by atoms with E-state index in [1.54, 1.807) is 48.7 Å². The van der Waals surface area contributed by atoms with Crippen LogP contribution in [0, 0.1) is 11.3 Å². The maximum atomic E-state index is 11.4. The average molecular weight is 328 g/mol. The lowest BCUT2D eigenvalue weighted by atomic mass is 10.0. The quantitative estimate of drug-likeness (QED) is 0.650. The SMILES string of the molecule is CCNC(=C(C#N)C(=O)O)c1cccnc1-c1ccc(Cl)cc1. The fourth-order valence-corrected chi connectivity index (χ4v) is 2.28. The van der Waals surface area contributed by atoms with E-state index in [4.69, 9.17) is 11.6 Å². The normalized spacial score (nSPS) is 11.3. The highest BCUT2D eigenvalue weighted by atomic mass is 35.5. The summed E-state index contributed by atoms with van der Waals surface area (Å²) in [7, 11) is 0. The number of aliphatic carboxylic acids is 1. The van der Waals surface area contributed by atoms with Crippen molar-refractivity contribution in [2.45, 2.75) is 6.92 Å². The minimum Gasteiger partial charge on any atom is -0.477 e. The average Bonchev–Trinajstić information content (AvgIpc) is 2.55. The molecule has 0 aliphatic heterocycles. The summed E-state index contributed by atoms with van der Waals surface area (Å²) in [5, 5.41) is 22.0. The van der Waals surface area contributed by atoms with E-state index >= 15 is 0 Å².